The number of piperidine rings is 1. The molecule has 3 atom stereocenters. The van der Waals surface area contributed by atoms with E-state index < -0.39 is 10.0 Å². The van der Waals surface area contributed by atoms with Gasteiger partial charge in [0.2, 0.25) is 10.0 Å². The minimum Gasteiger partial charge on any atom is -0.326 e. The molecular formula is C15H24N2O2S. The van der Waals surface area contributed by atoms with Gasteiger partial charge in [-0.05, 0) is 42.9 Å². The summed E-state index contributed by atoms with van der Waals surface area (Å²) in [6.45, 7) is 7.27. The number of nitrogens with two attached hydrogens (primary N) is 1. The fourth-order valence-electron chi connectivity index (χ4n) is 2.91. The van der Waals surface area contributed by atoms with Gasteiger partial charge >= 0.3 is 0 Å². The largest absolute Gasteiger partial charge is 0.326 e. The van der Waals surface area contributed by atoms with E-state index in [0.717, 1.165) is 12.0 Å². The summed E-state index contributed by atoms with van der Waals surface area (Å²) >= 11 is 0. The molecule has 0 saturated carbocycles. The molecule has 0 spiro atoms. The second-order valence-electron chi connectivity index (χ2n) is 5.98. The SMILES string of the molecule is CC1CC(C)C(C)N(S(=O)(=O)c2ccc(CN)cc2)C1. The summed E-state index contributed by atoms with van der Waals surface area (Å²) in [6, 6.07) is 6.94. The van der Waals surface area contributed by atoms with Gasteiger partial charge in [0.25, 0.3) is 0 Å². The smallest absolute Gasteiger partial charge is 0.243 e. The van der Waals surface area contributed by atoms with Gasteiger partial charge in [-0.1, -0.05) is 26.0 Å². The first-order valence-corrected chi connectivity index (χ1v) is 8.61. The number of rotatable bonds is 3. The first-order valence-electron chi connectivity index (χ1n) is 7.17. The Bertz CT molecular complexity index is 554. The van der Waals surface area contributed by atoms with Gasteiger partial charge in [0.05, 0.1) is 4.90 Å². The van der Waals surface area contributed by atoms with Crippen molar-refractivity contribution < 1.29 is 8.42 Å². The summed E-state index contributed by atoms with van der Waals surface area (Å²) in [7, 11) is -3.41. The van der Waals surface area contributed by atoms with E-state index in [0.29, 0.717) is 29.8 Å². The van der Waals surface area contributed by atoms with Crippen LogP contribution in [0.5, 0.6) is 0 Å². The summed E-state index contributed by atoms with van der Waals surface area (Å²) in [5, 5.41) is 0. The van der Waals surface area contributed by atoms with E-state index in [1.807, 2.05) is 6.92 Å². The highest BCUT2D eigenvalue weighted by Crippen LogP contribution is 2.31. The summed E-state index contributed by atoms with van der Waals surface area (Å²) in [4.78, 5) is 0.364. The number of sulfonamides is 1. The monoisotopic (exact) mass is 296 g/mol. The zero-order valence-electron chi connectivity index (χ0n) is 12.4. The fourth-order valence-corrected chi connectivity index (χ4v) is 4.76. The molecular weight excluding hydrogens is 272 g/mol. The van der Waals surface area contributed by atoms with Crippen LogP contribution in [0.4, 0.5) is 0 Å². The van der Waals surface area contributed by atoms with Crippen molar-refractivity contribution in [3.63, 3.8) is 0 Å². The molecule has 1 aromatic carbocycles. The molecule has 0 radical (unpaired) electrons. The molecule has 112 valence electrons. The lowest BCUT2D eigenvalue weighted by Gasteiger charge is -2.40. The average Bonchev–Trinajstić information content (AvgIpc) is 2.42. The van der Waals surface area contributed by atoms with Crippen LogP contribution in [0.2, 0.25) is 0 Å². The number of benzene rings is 1. The molecule has 4 nitrogen and oxygen atoms in total. The first-order chi connectivity index (χ1) is 9.36. The van der Waals surface area contributed by atoms with Gasteiger partial charge in [0, 0.05) is 19.1 Å². The van der Waals surface area contributed by atoms with Crippen molar-refractivity contribution in [2.45, 2.75) is 44.7 Å². The molecule has 1 aromatic rings. The molecule has 5 heteroatoms. The molecule has 1 aliphatic rings. The Hall–Kier alpha value is -0.910. The lowest BCUT2D eigenvalue weighted by Crippen LogP contribution is -2.48. The van der Waals surface area contributed by atoms with Crippen molar-refractivity contribution in [2.24, 2.45) is 17.6 Å². The Morgan fingerprint density at radius 2 is 1.80 bits per heavy atom. The van der Waals surface area contributed by atoms with Crippen LogP contribution in [0.3, 0.4) is 0 Å². The summed E-state index contributed by atoms with van der Waals surface area (Å²) in [5.41, 5.74) is 6.49. The minimum atomic E-state index is -3.41. The maximum Gasteiger partial charge on any atom is 0.243 e. The molecule has 1 aliphatic heterocycles. The van der Waals surface area contributed by atoms with Crippen molar-refractivity contribution in [3.05, 3.63) is 29.8 Å². The Morgan fingerprint density at radius 3 is 2.35 bits per heavy atom. The zero-order valence-corrected chi connectivity index (χ0v) is 13.2. The van der Waals surface area contributed by atoms with Gasteiger partial charge in [-0.3, -0.25) is 0 Å². The van der Waals surface area contributed by atoms with Crippen molar-refractivity contribution in [1.29, 1.82) is 0 Å². The topological polar surface area (TPSA) is 63.4 Å². The first kappa shape index (κ1) is 15.5. The van der Waals surface area contributed by atoms with Gasteiger partial charge in [0.1, 0.15) is 0 Å². The van der Waals surface area contributed by atoms with Crippen molar-refractivity contribution in [2.75, 3.05) is 6.54 Å². The van der Waals surface area contributed by atoms with Crippen LogP contribution in [0.1, 0.15) is 32.8 Å². The third kappa shape index (κ3) is 2.90. The van der Waals surface area contributed by atoms with Crippen molar-refractivity contribution >= 4 is 10.0 Å². The highest BCUT2D eigenvalue weighted by atomic mass is 32.2. The molecule has 20 heavy (non-hydrogen) atoms. The Kier molecular flexibility index (Phi) is 4.52. The Morgan fingerprint density at radius 1 is 1.20 bits per heavy atom. The summed E-state index contributed by atoms with van der Waals surface area (Å²) in [6.07, 6.45) is 1.08. The van der Waals surface area contributed by atoms with Crippen LogP contribution in [0.15, 0.2) is 29.2 Å². The second kappa shape index (κ2) is 5.84. The van der Waals surface area contributed by atoms with Gasteiger partial charge in [-0.25, -0.2) is 8.42 Å². The number of nitrogens with zero attached hydrogens (tertiary/aromatic N) is 1. The summed E-state index contributed by atoms with van der Waals surface area (Å²) < 4.78 is 27.2. The van der Waals surface area contributed by atoms with E-state index in [1.54, 1.807) is 28.6 Å². The number of hydrogen-bond donors (Lipinski definition) is 1. The molecule has 2 N–H and O–H groups in total. The normalized spacial score (nSPS) is 28.5. The highest BCUT2D eigenvalue weighted by Gasteiger charge is 2.36. The van der Waals surface area contributed by atoms with E-state index in [1.165, 1.54) is 0 Å². The molecule has 0 aliphatic carbocycles. The molecule has 2 rings (SSSR count). The third-order valence-corrected chi connectivity index (χ3v) is 6.28. The molecule has 1 fully saturated rings. The maximum atomic E-state index is 12.8. The number of hydrogen-bond acceptors (Lipinski definition) is 3. The third-order valence-electron chi connectivity index (χ3n) is 4.31. The average molecular weight is 296 g/mol. The molecule has 1 heterocycles. The van der Waals surface area contributed by atoms with Gasteiger partial charge in [-0.15, -0.1) is 0 Å². The van der Waals surface area contributed by atoms with E-state index in [-0.39, 0.29) is 6.04 Å². The minimum absolute atomic E-state index is 0.0467. The maximum absolute atomic E-state index is 12.8. The Labute approximate surface area is 122 Å². The molecule has 0 amide bonds. The zero-order chi connectivity index (χ0) is 14.9. The lowest BCUT2D eigenvalue weighted by atomic mass is 9.88. The van der Waals surface area contributed by atoms with Crippen LogP contribution in [-0.2, 0) is 16.6 Å². The van der Waals surface area contributed by atoms with E-state index in [9.17, 15) is 8.42 Å². The van der Waals surface area contributed by atoms with Crippen LogP contribution < -0.4 is 5.73 Å². The Balaban J connectivity index is 2.32. The molecule has 0 aromatic heterocycles. The van der Waals surface area contributed by atoms with Gasteiger partial charge in [0.15, 0.2) is 0 Å². The van der Waals surface area contributed by atoms with Crippen LogP contribution >= 0.6 is 0 Å². The van der Waals surface area contributed by atoms with Crippen molar-refractivity contribution in [3.8, 4) is 0 Å². The van der Waals surface area contributed by atoms with E-state index in [2.05, 4.69) is 13.8 Å². The predicted molar refractivity (Wildman–Crippen MR) is 80.6 cm³/mol. The van der Waals surface area contributed by atoms with Crippen LogP contribution in [0, 0.1) is 11.8 Å². The fraction of sp³-hybridized carbons (Fsp3) is 0.600. The highest BCUT2D eigenvalue weighted by molar-refractivity contribution is 7.89. The quantitative estimate of drug-likeness (QED) is 0.930. The van der Waals surface area contributed by atoms with Crippen LogP contribution in [0.25, 0.3) is 0 Å². The van der Waals surface area contributed by atoms with E-state index in [4.69, 9.17) is 5.73 Å². The molecule has 3 unspecified atom stereocenters. The van der Waals surface area contributed by atoms with Crippen molar-refractivity contribution in [1.82, 2.24) is 4.31 Å². The second-order valence-corrected chi connectivity index (χ2v) is 7.87. The molecule has 1 saturated heterocycles. The van der Waals surface area contributed by atoms with Gasteiger partial charge in [-0.2, -0.15) is 4.31 Å². The predicted octanol–water partition coefficient (Wildman–Crippen LogP) is 2.20. The summed E-state index contributed by atoms with van der Waals surface area (Å²) in [5.74, 6) is 0.788. The van der Waals surface area contributed by atoms with E-state index >= 15 is 0 Å². The lowest BCUT2D eigenvalue weighted by molar-refractivity contribution is 0.157. The van der Waals surface area contributed by atoms with Crippen LogP contribution in [-0.4, -0.2) is 25.3 Å². The molecule has 0 bridgehead atoms. The van der Waals surface area contributed by atoms with Gasteiger partial charge < -0.3 is 5.73 Å². The standard InChI is InChI=1S/C15H24N2O2S/c1-11-8-12(2)13(3)17(10-11)20(18,19)15-6-4-14(9-16)5-7-15/h4-7,11-13H,8-10,16H2,1-3H3.